The topological polar surface area (TPSA) is 25.2 Å². The molecular weight excluding hydrogens is 245 g/mol. The second-order valence-electron chi connectivity index (χ2n) is 3.73. The van der Waals surface area contributed by atoms with Gasteiger partial charge in [0, 0.05) is 10.4 Å². The number of furan rings is 1. The van der Waals surface area contributed by atoms with E-state index in [1.54, 1.807) is 6.07 Å². The van der Waals surface area contributed by atoms with Crippen molar-refractivity contribution in [2.75, 3.05) is 6.54 Å². The number of hydrogen-bond acceptors (Lipinski definition) is 2. The van der Waals surface area contributed by atoms with Crippen LogP contribution in [0.5, 0.6) is 0 Å². The summed E-state index contributed by atoms with van der Waals surface area (Å²) >= 11 is 12.0. The largest absolute Gasteiger partial charge is 0.458 e. The third kappa shape index (κ3) is 2.19. The van der Waals surface area contributed by atoms with Crippen LogP contribution in [0.15, 0.2) is 22.6 Å². The number of rotatable bonds is 3. The maximum Gasteiger partial charge on any atom is 0.153 e. The standard InChI is InChI=1S/C12H13Cl2NO/c1-3-15-7(2)11-5-8-4-9(13)6-10(14)12(8)16-11/h4-7,15H,3H2,1-2H3. The van der Waals surface area contributed by atoms with Crippen LogP contribution >= 0.6 is 23.2 Å². The predicted molar refractivity (Wildman–Crippen MR) is 68.3 cm³/mol. The molecule has 1 aromatic carbocycles. The van der Waals surface area contributed by atoms with E-state index in [9.17, 15) is 0 Å². The van der Waals surface area contributed by atoms with E-state index in [4.69, 9.17) is 27.6 Å². The number of benzene rings is 1. The van der Waals surface area contributed by atoms with Gasteiger partial charge in [-0.15, -0.1) is 0 Å². The molecule has 0 aliphatic rings. The highest BCUT2D eigenvalue weighted by Gasteiger charge is 2.12. The van der Waals surface area contributed by atoms with Gasteiger partial charge in [0.05, 0.1) is 11.1 Å². The van der Waals surface area contributed by atoms with Crippen LogP contribution in [0.1, 0.15) is 25.6 Å². The van der Waals surface area contributed by atoms with Gasteiger partial charge in [-0.2, -0.15) is 0 Å². The summed E-state index contributed by atoms with van der Waals surface area (Å²) in [5, 5.41) is 5.41. The first-order valence-corrected chi connectivity index (χ1v) is 5.99. The van der Waals surface area contributed by atoms with E-state index in [2.05, 4.69) is 19.2 Å². The maximum absolute atomic E-state index is 6.06. The van der Waals surface area contributed by atoms with Crippen LogP contribution in [0, 0.1) is 0 Å². The first-order valence-electron chi connectivity index (χ1n) is 5.23. The van der Waals surface area contributed by atoms with Gasteiger partial charge in [0.2, 0.25) is 0 Å². The average molecular weight is 258 g/mol. The summed E-state index contributed by atoms with van der Waals surface area (Å²) in [6.07, 6.45) is 0. The van der Waals surface area contributed by atoms with Crippen molar-refractivity contribution in [1.29, 1.82) is 0 Å². The lowest BCUT2D eigenvalue weighted by molar-refractivity contribution is 0.459. The molecular formula is C12H13Cl2NO. The summed E-state index contributed by atoms with van der Waals surface area (Å²) in [7, 11) is 0. The van der Waals surface area contributed by atoms with Crippen molar-refractivity contribution >= 4 is 34.2 Å². The quantitative estimate of drug-likeness (QED) is 0.882. The Balaban J connectivity index is 2.47. The van der Waals surface area contributed by atoms with Crippen LogP contribution in [-0.2, 0) is 0 Å². The minimum Gasteiger partial charge on any atom is -0.458 e. The molecule has 0 aliphatic heterocycles. The van der Waals surface area contributed by atoms with E-state index >= 15 is 0 Å². The molecule has 4 heteroatoms. The molecule has 0 bridgehead atoms. The molecule has 1 unspecified atom stereocenters. The minimum atomic E-state index is 0.173. The molecule has 0 radical (unpaired) electrons. The van der Waals surface area contributed by atoms with Crippen molar-refractivity contribution in [3.63, 3.8) is 0 Å². The molecule has 0 saturated carbocycles. The zero-order chi connectivity index (χ0) is 11.7. The Morgan fingerprint density at radius 1 is 1.31 bits per heavy atom. The molecule has 0 aliphatic carbocycles. The fourth-order valence-electron chi connectivity index (χ4n) is 1.72. The second kappa shape index (κ2) is 4.66. The smallest absolute Gasteiger partial charge is 0.153 e. The summed E-state index contributed by atoms with van der Waals surface area (Å²) in [4.78, 5) is 0. The highest BCUT2D eigenvalue weighted by atomic mass is 35.5. The summed E-state index contributed by atoms with van der Waals surface area (Å²) in [5.74, 6) is 0.876. The van der Waals surface area contributed by atoms with E-state index in [1.807, 2.05) is 12.1 Å². The Morgan fingerprint density at radius 3 is 2.75 bits per heavy atom. The Bertz CT molecular complexity index is 507. The summed E-state index contributed by atoms with van der Waals surface area (Å²) < 4.78 is 5.72. The summed E-state index contributed by atoms with van der Waals surface area (Å²) in [6, 6.07) is 5.69. The van der Waals surface area contributed by atoms with Crippen LogP contribution in [0.25, 0.3) is 11.0 Å². The fraction of sp³-hybridized carbons (Fsp3) is 0.333. The molecule has 1 N–H and O–H groups in total. The SMILES string of the molecule is CCNC(C)c1cc2cc(Cl)cc(Cl)c2o1. The second-order valence-corrected chi connectivity index (χ2v) is 4.58. The predicted octanol–water partition coefficient (Wildman–Crippen LogP) is 4.41. The van der Waals surface area contributed by atoms with Gasteiger partial charge in [0.1, 0.15) is 5.76 Å². The molecule has 1 atom stereocenters. The van der Waals surface area contributed by atoms with Gasteiger partial charge in [-0.1, -0.05) is 30.1 Å². The normalized spacial score (nSPS) is 13.2. The number of nitrogens with one attached hydrogen (secondary N) is 1. The average Bonchev–Trinajstić information content (AvgIpc) is 2.62. The van der Waals surface area contributed by atoms with Crippen molar-refractivity contribution in [1.82, 2.24) is 5.32 Å². The van der Waals surface area contributed by atoms with Crippen molar-refractivity contribution in [2.24, 2.45) is 0 Å². The maximum atomic E-state index is 6.06. The van der Waals surface area contributed by atoms with Gasteiger partial charge < -0.3 is 9.73 Å². The molecule has 0 saturated heterocycles. The van der Waals surface area contributed by atoms with Gasteiger partial charge >= 0.3 is 0 Å². The molecule has 0 amide bonds. The number of fused-ring (bicyclic) bond motifs is 1. The van der Waals surface area contributed by atoms with Crippen LogP contribution in [0.2, 0.25) is 10.0 Å². The lowest BCUT2D eigenvalue weighted by Crippen LogP contribution is -2.16. The third-order valence-corrected chi connectivity index (χ3v) is 2.99. The van der Waals surface area contributed by atoms with E-state index in [1.165, 1.54) is 0 Å². The van der Waals surface area contributed by atoms with Crippen molar-refractivity contribution in [2.45, 2.75) is 19.9 Å². The van der Waals surface area contributed by atoms with Gasteiger partial charge in [-0.05, 0) is 31.7 Å². The Labute approximate surface area is 105 Å². The fourth-order valence-corrected chi connectivity index (χ4v) is 2.26. The van der Waals surface area contributed by atoms with Crippen molar-refractivity contribution in [3.05, 3.63) is 34.0 Å². The van der Waals surface area contributed by atoms with Crippen LogP contribution < -0.4 is 5.32 Å². The Morgan fingerprint density at radius 2 is 2.06 bits per heavy atom. The van der Waals surface area contributed by atoms with E-state index in [0.29, 0.717) is 15.6 Å². The Kier molecular flexibility index (Phi) is 3.43. The molecule has 2 rings (SSSR count). The van der Waals surface area contributed by atoms with Gasteiger partial charge in [-0.3, -0.25) is 0 Å². The van der Waals surface area contributed by atoms with Crippen LogP contribution in [0.3, 0.4) is 0 Å². The molecule has 1 heterocycles. The molecule has 2 aromatic rings. The molecule has 1 aromatic heterocycles. The third-order valence-electron chi connectivity index (χ3n) is 2.49. The highest BCUT2D eigenvalue weighted by molar-refractivity contribution is 6.38. The van der Waals surface area contributed by atoms with Crippen molar-refractivity contribution in [3.8, 4) is 0 Å². The molecule has 2 nitrogen and oxygen atoms in total. The zero-order valence-electron chi connectivity index (χ0n) is 9.18. The molecule has 86 valence electrons. The van der Waals surface area contributed by atoms with E-state index in [-0.39, 0.29) is 6.04 Å². The zero-order valence-corrected chi connectivity index (χ0v) is 10.7. The molecule has 0 fully saturated rings. The van der Waals surface area contributed by atoms with E-state index < -0.39 is 0 Å². The number of halogens is 2. The highest BCUT2D eigenvalue weighted by Crippen LogP contribution is 2.32. The summed E-state index contributed by atoms with van der Waals surface area (Å²) in [6.45, 7) is 5.01. The lowest BCUT2D eigenvalue weighted by atomic mass is 10.2. The van der Waals surface area contributed by atoms with Gasteiger partial charge in [0.25, 0.3) is 0 Å². The van der Waals surface area contributed by atoms with Crippen LogP contribution in [0.4, 0.5) is 0 Å². The molecule has 16 heavy (non-hydrogen) atoms. The van der Waals surface area contributed by atoms with Gasteiger partial charge in [0.15, 0.2) is 5.58 Å². The summed E-state index contributed by atoms with van der Waals surface area (Å²) in [5.41, 5.74) is 0.700. The van der Waals surface area contributed by atoms with Gasteiger partial charge in [-0.25, -0.2) is 0 Å². The Hall–Kier alpha value is -0.700. The molecule has 0 spiro atoms. The minimum absolute atomic E-state index is 0.173. The van der Waals surface area contributed by atoms with Crippen molar-refractivity contribution < 1.29 is 4.42 Å². The van der Waals surface area contributed by atoms with Crippen LogP contribution in [-0.4, -0.2) is 6.54 Å². The number of hydrogen-bond donors (Lipinski definition) is 1. The lowest BCUT2D eigenvalue weighted by Gasteiger charge is -2.07. The first-order chi connectivity index (χ1) is 7.61. The van der Waals surface area contributed by atoms with E-state index in [0.717, 1.165) is 17.7 Å². The first kappa shape index (κ1) is 11.8. The monoisotopic (exact) mass is 257 g/mol.